The van der Waals surface area contributed by atoms with Crippen molar-refractivity contribution >= 4 is 17.6 Å². The maximum Gasteiger partial charge on any atom is 0.338 e. The van der Waals surface area contributed by atoms with Crippen molar-refractivity contribution in [2.24, 2.45) is 0 Å². The van der Waals surface area contributed by atoms with Crippen LogP contribution in [0.25, 0.3) is 11.1 Å². The molecule has 4 nitrogen and oxygen atoms in total. The molecule has 3 aromatic rings. The summed E-state index contributed by atoms with van der Waals surface area (Å²) in [6.45, 7) is 2.15. The first kappa shape index (κ1) is 20.2. The van der Waals surface area contributed by atoms with Crippen LogP contribution in [0.15, 0.2) is 66.7 Å². The average Bonchev–Trinajstić information content (AvgIpc) is 2.72. The van der Waals surface area contributed by atoms with Crippen molar-refractivity contribution in [3.8, 4) is 11.1 Å². The molecule has 0 aliphatic rings. The largest absolute Gasteiger partial charge is 0.462 e. The van der Waals surface area contributed by atoms with Gasteiger partial charge in [0.25, 0.3) is 5.91 Å². The predicted octanol–water partition coefficient (Wildman–Crippen LogP) is 5.45. The molecule has 0 aromatic heterocycles. The average molecular weight is 395 g/mol. The molecule has 0 bridgehead atoms. The topological polar surface area (TPSA) is 55.4 Å². The third kappa shape index (κ3) is 5.04. The SMILES string of the molecule is CCCOC(=O)c1ccc(F)cc1-c1cccc(NC(=O)c2ccc(F)cc2)c1. The van der Waals surface area contributed by atoms with Gasteiger partial charge in [-0.1, -0.05) is 19.1 Å². The Morgan fingerprint density at radius 2 is 1.66 bits per heavy atom. The van der Waals surface area contributed by atoms with E-state index in [0.29, 0.717) is 28.8 Å². The van der Waals surface area contributed by atoms with Gasteiger partial charge in [0.2, 0.25) is 0 Å². The lowest BCUT2D eigenvalue weighted by Crippen LogP contribution is -2.12. The fraction of sp³-hybridized carbons (Fsp3) is 0.130. The number of hydrogen-bond donors (Lipinski definition) is 1. The molecule has 3 aromatic carbocycles. The maximum atomic E-state index is 13.9. The van der Waals surface area contributed by atoms with Crippen molar-refractivity contribution in [2.45, 2.75) is 13.3 Å². The van der Waals surface area contributed by atoms with Gasteiger partial charge >= 0.3 is 5.97 Å². The molecule has 0 fully saturated rings. The molecule has 0 heterocycles. The highest BCUT2D eigenvalue weighted by Gasteiger charge is 2.16. The van der Waals surface area contributed by atoms with E-state index in [0.717, 1.165) is 0 Å². The molecule has 1 N–H and O–H groups in total. The van der Waals surface area contributed by atoms with Crippen LogP contribution < -0.4 is 5.32 Å². The Kier molecular flexibility index (Phi) is 6.34. The smallest absolute Gasteiger partial charge is 0.338 e. The van der Waals surface area contributed by atoms with Gasteiger partial charge in [-0.3, -0.25) is 4.79 Å². The first-order valence-corrected chi connectivity index (χ1v) is 9.12. The molecule has 29 heavy (non-hydrogen) atoms. The number of anilines is 1. The predicted molar refractivity (Wildman–Crippen MR) is 107 cm³/mol. The number of carbonyl (C=O) groups excluding carboxylic acids is 2. The fourth-order valence-corrected chi connectivity index (χ4v) is 2.77. The fourth-order valence-electron chi connectivity index (χ4n) is 2.77. The second-order valence-corrected chi connectivity index (χ2v) is 6.37. The van der Waals surface area contributed by atoms with Crippen LogP contribution in [0.3, 0.4) is 0 Å². The lowest BCUT2D eigenvalue weighted by Gasteiger charge is -2.12. The number of hydrogen-bond acceptors (Lipinski definition) is 3. The van der Waals surface area contributed by atoms with Gasteiger partial charge in [0.1, 0.15) is 11.6 Å². The molecule has 0 saturated heterocycles. The number of rotatable bonds is 6. The van der Waals surface area contributed by atoms with Gasteiger partial charge in [-0.2, -0.15) is 0 Å². The van der Waals surface area contributed by atoms with Crippen molar-refractivity contribution in [3.05, 3.63) is 89.5 Å². The van der Waals surface area contributed by atoms with E-state index in [-0.39, 0.29) is 12.2 Å². The maximum absolute atomic E-state index is 13.9. The summed E-state index contributed by atoms with van der Waals surface area (Å²) in [5.41, 5.74) is 1.90. The van der Waals surface area contributed by atoms with Gasteiger partial charge in [0, 0.05) is 11.3 Å². The lowest BCUT2D eigenvalue weighted by molar-refractivity contribution is 0.0506. The minimum atomic E-state index is -0.539. The van der Waals surface area contributed by atoms with E-state index < -0.39 is 23.5 Å². The summed E-state index contributed by atoms with van der Waals surface area (Å²) >= 11 is 0. The summed E-state index contributed by atoms with van der Waals surface area (Å²) in [6.07, 6.45) is 0.674. The summed E-state index contributed by atoms with van der Waals surface area (Å²) < 4.78 is 32.1. The molecule has 0 atom stereocenters. The number of halogens is 2. The van der Waals surface area contributed by atoms with Gasteiger partial charge in [-0.05, 0) is 72.1 Å². The first-order chi connectivity index (χ1) is 14.0. The summed E-state index contributed by atoms with van der Waals surface area (Å²) in [7, 11) is 0. The number of carbonyl (C=O) groups is 2. The highest BCUT2D eigenvalue weighted by molar-refractivity contribution is 6.04. The number of ether oxygens (including phenoxy) is 1. The Hall–Kier alpha value is -3.54. The van der Waals surface area contributed by atoms with Crippen LogP contribution in [0.4, 0.5) is 14.5 Å². The van der Waals surface area contributed by atoms with E-state index in [2.05, 4.69) is 5.32 Å². The van der Waals surface area contributed by atoms with Gasteiger partial charge in [0.15, 0.2) is 0 Å². The summed E-state index contributed by atoms with van der Waals surface area (Å²) in [6, 6.07) is 15.7. The highest BCUT2D eigenvalue weighted by Crippen LogP contribution is 2.28. The van der Waals surface area contributed by atoms with Crippen LogP contribution in [0.5, 0.6) is 0 Å². The summed E-state index contributed by atoms with van der Waals surface area (Å²) in [5, 5.41) is 2.71. The molecular weight excluding hydrogens is 376 g/mol. The van der Waals surface area contributed by atoms with E-state index in [9.17, 15) is 18.4 Å². The van der Waals surface area contributed by atoms with E-state index in [1.165, 1.54) is 42.5 Å². The van der Waals surface area contributed by atoms with Gasteiger partial charge in [-0.15, -0.1) is 0 Å². The van der Waals surface area contributed by atoms with Crippen LogP contribution >= 0.6 is 0 Å². The van der Waals surface area contributed by atoms with Crippen LogP contribution in [-0.4, -0.2) is 18.5 Å². The standard InChI is InChI=1S/C23H19F2NO3/c1-2-12-29-23(28)20-11-10-18(25)14-21(20)16-4-3-5-19(13-16)26-22(27)15-6-8-17(24)9-7-15/h3-11,13-14H,2,12H2,1H3,(H,26,27). The van der Waals surface area contributed by atoms with Crippen molar-refractivity contribution in [1.29, 1.82) is 0 Å². The van der Waals surface area contributed by atoms with E-state index in [1.54, 1.807) is 24.3 Å². The van der Waals surface area contributed by atoms with Crippen LogP contribution in [0, 0.1) is 11.6 Å². The molecule has 0 spiro atoms. The molecule has 0 aliphatic carbocycles. The van der Waals surface area contributed by atoms with Crippen LogP contribution in [-0.2, 0) is 4.74 Å². The van der Waals surface area contributed by atoms with Gasteiger partial charge in [-0.25, -0.2) is 13.6 Å². The van der Waals surface area contributed by atoms with Crippen molar-refractivity contribution in [2.75, 3.05) is 11.9 Å². The van der Waals surface area contributed by atoms with Gasteiger partial charge < -0.3 is 10.1 Å². The minimum absolute atomic E-state index is 0.238. The molecule has 0 radical (unpaired) electrons. The Morgan fingerprint density at radius 3 is 2.38 bits per heavy atom. The molecule has 0 aliphatic heterocycles. The molecular formula is C23H19F2NO3. The number of esters is 1. The second-order valence-electron chi connectivity index (χ2n) is 6.37. The van der Waals surface area contributed by atoms with Crippen LogP contribution in [0.1, 0.15) is 34.1 Å². The Labute approximate surface area is 167 Å². The number of benzene rings is 3. The molecule has 6 heteroatoms. The number of nitrogens with one attached hydrogen (secondary N) is 1. The Balaban J connectivity index is 1.89. The van der Waals surface area contributed by atoms with Crippen molar-refractivity contribution in [1.82, 2.24) is 0 Å². The normalized spacial score (nSPS) is 10.4. The Morgan fingerprint density at radius 1 is 0.931 bits per heavy atom. The summed E-state index contributed by atoms with van der Waals surface area (Å²) in [4.78, 5) is 24.7. The molecule has 0 saturated carbocycles. The quantitative estimate of drug-likeness (QED) is 0.565. The van der Waals surface area contributed by atoms with E-state index in [1.807, 2.05) is 6.92 Å². The van der Waals surface area contributed by atoms with E-state index in [4.69, 9.17) is 4.74 Å². The molecule has 1 amide bonds. The highest BCUT2D eigenvalue weighted by atomic mass is 19.1. The van der Waals surface area contributed by atoms with Crippen LogP contribution in [0.2, 0.25) is 0 Å². The molecule has 0 unspecified atom stereocenters. The van der Waals surface area contributed by atoms with E-state index >= 15 is 0 Å². The third-order valence-electron chi connectivity index (χ3n) is 4.18. The van der Waals surface area contributed by atoms with Crippen molar-refractivity contribution in [3.63, 3.8) is 0 Å². The van der Waals surface area contributed by atoms with Gasteiger partial charge in [0.05, 0.1) is 12.2 Å². The minimum Gasteiger partial charge on any atom is -0.462 e. The Bertz CT molecular complexity index is 1030. The second kappa shape index (κ2) is 9.10. The zero-order valence-corrected chi connectivity index (χ0v) is 15.7. The molecule has 148 valence electrons. The first-order valence-electron chi connectivity index (χ1n) is 9.12. The zero-order chi connectivity index (χ0) is 20.8. The van der Waals surface area contributed by atoms with Crippen molar-refractivity contribution < 1.29 is 23.1 Å². The number of amides is 1. The third-order valence-corrected chi connectivity index (χ3v) is 4.18. The summed E-state index contributed by atoms with van der Waals surface area (Å²) in [5.74, 6) is -1.88. The monoisotopic (exact) mass is 395 g/mol. The zero-order valence-electron chi connectivity index (χ0n) is 15.7. The molecule has 3 rings (SSSR count). The lowest BCUT2D eigenvalue weighted by atomic mass is 9.99.